The lowest BCUT2D eigenvalue weighted by Gasteiger charge is -2.22. The first kappa shape index (κ1) is 25.3. The normalized spacial score (nSPS) is 12.2. The van der Waals surface area contributed by atoms with Gasteiger partial charge in [0.2, 0.25) is 5.89 Å². The van der Waals surface area contributed by atoms with Crippen LogP contribution in [0.15, 0.2) is 118 Å². The Morgan fingerprint density at radius 2 is 1.33 bits per heavy atom. The van der Waals surface area contributed by atoms with E-state index in [9.17, 15) is 5.11 Å². The zero-order chi connectivity index (χ0) is 29.3. The molecule has 5 heteroatoms. The number of benzene rings is 5. The average molecular weight is 561 g/mol. The van der Waals surface area contributed by atoms with Crippen LogP contribution in [0.1, 0.15) is 26.3 Å². The largest absolute Gasteiger partial charge is 0.507 e. The van der Waals surface area contributed by atoms with E-state index in [1.165, 1.54) is 5.56 Å². The Hall–Kier alpha value is -5.42. The summed E-state index contributed by atoms with van der Waals surface area (Å²) in [7, 11) is 0. The third-order valence-electron chi connectivity index (χ3n) is 8.20. The zero-order valence-corrected chi connectivity index (χ0v) is 24.1. The van der Waals surface area contributed by atoms with Gasteiger partial charge in [-0.1, -0.05) is 75.4 Å². The first-order valence-corrected chi connectivity index (χ1v) is 14.4. The number of phenols is 1. The van der Waals surface area contributed by atoms with Gasteiger partial charge in [0.25, 0.3) is 0 Å². The quantitative estimate of drug-likeness (QED) is 0.233. The Bertz CT molecular complexity index is 2350. The molecule has 0 saturated carbocycles. The smallest absolute Gasteiger partial charge is 0.231 e. The molecule has 0 saturated heterocycles. The molecule has 43 heavy (non-hydrogen) atoms. The van der Waals surface area contributed by atoms with Crippen LogP contribution in [0.25, 0.3) is 77.6 Å². The molecule has 8 rings (SSSR count). The van der Waals surface area contributed by atoms with E-state index in [1.54, 1.807) is 12.1 Å². The van der Waals surface area contributed by atoms with E-state index in [2.05, 4.69) is 63.2 Å². The van der Waals surface area contributed by atoms with E-state index < -0.39 is 0 Å². The number of para-hydroxylation sites is 3. The lowest BCUT2D eigenvalue weighted by Crippen LogP contribution is -2.11. The highest BCUT2D eigenvalue weighted by Gasteiger charge is 2.22. The van der Waals surface area contributed by atoms with Gasteiger partial charge in [0.15, 0.2) is 5.58 Å². The fraction of sp³-hybridized carbons (Fsp3) is 0.105. The number of fused-ring (bicyclic) bond motifs is 6. The van der Waals surface area contributed by atoms with Crippen molar-refractivity contribution in [3.8, 4) is 39.5 Å². The number of aromatic hydroxyl groups is 1. The minimum atomic E-state index is -0.112. The molecule has 0 atom stereocenters. The van der Waals surface area contributed by atoms with Crippen molar-refractivity contribution in [1.29, 1.82) is 0 Å². The van der Waals surface area contributed by atoms with Crippen LogP contribution in [0, 0.1) is 0 Å². The van der Waals surface area contributed by atoms with Crippen LogP contribution >= 0.6 is 0 Å². The molecular weight excluding hydrogens is 532 g/mol. The molecule has 0 radical (unpaired) electrons. The summed E-state index contributed by atoms with van der Waals surface area (Å²) >= 11 is 0. The standard InChI is InChI=1S/C38H28N2O3/c1-38(2,3)24-19-22(25-12-8-16-33-35(25)40-37(43-33)27-11-4-6-14-31(27)41)18-23(20-24)29-21-30-26-10-5-7-15-32(26)42-36(30)28-13-9-17-39-34(28)29/h4-21,41H,1-3H3. The van der Waals surface area contributed by atoms with Crippen LogP contribution in [-0.2, 0) is 5.41 Å². The predicted octanol–water partition coefficient (Wildman–Crippen LogP) is 10.3. The molecule has 5 nitrogen and oxygen atoms in total. The average Bonchev–Trinajstić information content (AvgIpc) is 3.62. The molecule has 0 aliphatic heterocycles. The molecule has 0 aliphatic rings. The third kappa shape index (κ3) is 4.08. The van der Waals surface area contributed by atoms with Crippen molar-refractivity contribution in [3.05, 3.63) is 115 Å². The van der Waals surface area contributed by atoms with E-state index in [-0.39, 0.29) is 11.2 Å². The van der Waals surface area contributed by atoms with E-state index in [1.807, 2.05) is 54.7 Å². The van der Waals surface area contributed by atoms with Gasteiger partial charge in [0.05, 0.1) is 11.1 Å². The van der Waals surface area contributed by atoms with Crippen LogP contribution in [0.5, 0.6) is 5.75 Å². The van der Waals surface area contributed by atoms with Gasteiger partial charge in [-0.2, -0.15) is 0 Å². The molecule has 3 heterocycles. The van der Waals surface area contributed by atoms with Gasteiger partial charge in [-0.3, -0.25) is 4.98 Å². The summed E-state index contributed by atoms with van der Waals surface area (Å²) in [5, 5.41) is 13.6. The molecule has 1 N–H and O–H groups in total. The van der Waals surface area contributed by atoms with Crippen molar-refractivity contribution in [2.75, 3.05) is 0 Å². The van der Waals surface area contributed by atoms with Crippen LogP contribution in [0.3, 0.4) is 0 Å². The second-order valence-electron chi connectivity index (χ2n) is 12.0. The van der Waals surface area contributed by atoms with Gasteiger partial charge in [-0.05, 0) is 70.6 Å². The SMILES string of the molecule is CC(C)(C)c1cc(-c2cccc3oc(-c4ccccc4O)nc23)cc(-c2cc3c4ccccc4oc3c3cccnc23)c1. The summed E-state index contributed by atoms with van der Waals surface area (Å²) in [5.41, 5.74) is 9.78. The number of hydrogen-bond acceptors (Lipinski definition) is 5. The fourth-order valence-electron chi connectivity index (χ4n) is 5.97. The number of rotatable bonds is 3. The number of oxazole rings is 1. The Kier molecular flexibility index (Phi) is 5.47. The summed E-state index contributed by atoms with van der Waals surface area (Å²) in [6.45, 7) is 6.68. The van der Waals surface area contributed by atoms with Crippen molar-refractivity contribution >= 4 is 43.9 Å². The van der Waals surface area contributed by atoms with Crippen LogP contribution in [0.2, 0.25) is 0 Å². The molecule has 0 aliphatic carbocycles. The number of pyridine rings is 1. The van der Waals surface area contributed by atoms with Crippen LogP contribution < -0.4 is 0 Å². The number of hydrogen-bond donors (Lipinski definition) is 1. The summed E-state index contributed by atoms with van der Waals surface area (Å²) in [4.78, 5) is 9.74. The van der Waals surface area contributed by atoms with Crippen LogP contribution in [-0.4, -0.2) is 15.1 Å². The number of phenolic OH excluding ortho intramolecular Hbond substituents is 1. The van der Waals surface area contributed by atoms with Crippen molar-refractivity contribution < 1.29 is 13.9 Å². The van der Waals surface area contributed by atoms with Crippen molar-refractivity contribution in [1.82, 2.24) is 9.97 Å². The first-order chi connectivity index (χ1) is 20.8. The third-order valence-corrected chi connectivity index (χ3v) is 8.20. The van der Waals surface area contributed by atoms with Gasteiger partial charge in [-0.15, -0.1) is 0 Å². The Morgan fingerprint density at radius 3 is 2.16 bits per heavy atom. The lowest BCUT2D eigenvalue weighted by molar-refractivity contribution is 0.474. The Balaban J connectivity index is 1.40. The molecule has 5 aromatic carbocycles. The van der Waals surface area contributed by atoms with Gasteiger partial charge in [0.1, 0.15) is 22.4 Å². The van der Waals surface area contributed by atoms with E-state index in [0.717, 1.165) is 60.6 Å². The molecule has 0 spiro atoms. The summed E-state index contributed by atoms with van der Waals surface area (Å²) < 4.78 is 12.5. The lowest BCUT2D eigenvalue weighted by atomic mass is 9.83. The zero-order valence-electron chi connectivity index (χ0n) is 24.1. The highest BCUT2D eigenvalue weighted by atomic mass is 16.4. The van der Waals surface area contributed by atoms with Crippen LogP contribution in [0.4, 0.5) is 0 Å². The van der Waals surface area contributed by atoms with Crippen molar-refractivity contribution in [3.63, 3.8) is 0 Å². The fourth-order valence-corrected chi connectivity index (χ4v) is 5.97. The van der Waals surface area contributed by atoms with Crippen molar-refractivity contribution in [2.24, 2.45) is 0 Å². The van der Waals surface area contributed by atoms with Crippen molar-refractivity contribution in [2.45, 2.75) is 26.2 Å². The number of nitrogens with zero attached hydrogens (tertiary/aromatic N) is 2. The minimum absolute atomic E-state index is 0.112. The molecular formula is C38H28N2O3. The first-order valence-electron chi connectivity index (χ1n) is 14.4. The Labute approximate surface area is 248 Å². The molecule has 3 aromatic heterocycles. The predicted molar refractivity (Wildman–Crippen MR) is 173 cm³/mol. The van der Waals surface area contributed by atoms with Gasteiger partial charge in [-0.25, -0.2) is 4.98 Å². The summed E-state index contributed by atoms with van der Waals surface area (Å²) in [5.74, 6) is 0.523. The molecule has 0 unspecified atom stereocenters. The second-order valence-corrected chi connectivity index (χ2v) is 12.0. The van der Waals surface area contributed by atoms with Gasteiger partial charge in [0, 0.05) is 33.5 Å². The maximum atomic E-state index is 10.5. The highest BCUT2D eigenvalue weighted by Crippen LogP contribution is 2.42. The molecule has 0 amide bonds. The van der Waals surface area contributed by atoms with E-state index in [0.29, 0.717) is 17.0 Å². The molecule has 0 fully saturated rings. The van der Waals surface area contributed by atoms with E-state index in [4.69, 9.17) is 18.8 Å². The molecule has 0 bridgehead atoms. The monoisotopic (exact) mass is 560 g/mol. The summed E-state index contributed by atoms with van der Waals surface area (Å²) in [6, 6.07) is 34.3. The minimum Gasteiger partial charge on any atom is -0.507 e. The molecule has 208 valence electrons. The maximum Gasteiger partial charge on any atom is 0.231 e. The maximum absolute atomic E-state index is 10.5. The van der Waals surface area contributed by atoms with Gasteiger partial charge < -0.3 is 13.9 Å². The van der Waals surface area contributed by atoms with E-state index >= 15 is 0 Å². The van der Waals surface area contributed by atoms with Gasteiger partial charge >= 0.3 is 0 Å². The highest BCUT2D eigenvalue weighted by molar-refractivity contribution is 6.18. The Morgan fingerprint density at radius 1 is 0.605 bits per heavy atom. The second kappa shape index (κ2) is 9.30. The molecule has 8 aromatic rings. The topological polar surface area (TPSA) is 72.3 Å². The number of aromatic nitrogens is 2. The number of furan rings is 1. The summed E-state index contributed by atoms with van der Waals surface area (Å²) in [6.07, 6.45) is 1.84.